The second kappa shape index (κ2) is 6.34. The third-order valence-electron chi connectivity index (χ3n) is 3.27. The smallest absolute Gasteiger partial charge is 0.251 e. The monoisotopic (exact) mass is 297 g/mol. The number of hydrogen-bond acceptors (Lipinski definition) is 5. The van der Waals surface area contributed by atoms with E-state index in [1.807, 2.05) is 13.8 Å². The number of nitrogens with one attached hydrogen (secondary N) is 1. The molecule has 2 rings (SSSR count). The Bertz CT molecular complexity index is 503. The summed E-state index contributed by atoms with van der Waals surface area (Å²) in [5.74, 6) is -0.675. The molecular formula is C13H19N3O3S. The van der Waals surface area contributed by atoms with Crippen molar-refractivity contribution in [2.75, 3.05) is 25.0 Å². The molecule has 1 aliphatic rings. The van der Waals surface area contributed by atoms with Gasteiger partial charge in [-0.1, -0.05) is 0 Å². The predicted molar refractivity (Wildman–Crippen MR) is 77.9 cm³/mol. The van der Waals surface area contributed by atoms with Crippen molar-refractivity contribution in [2.45, 2.75) is 26.0 Å². The molecule has 0 saturated carbocycles. The molecule has 0 bridgehead atoms. The van der Waals surface area contributed by atoms with Gasteiger partial charge in [0.2, 0.25) is 5.91 Å². The van der Waals surface area contributed by atoms with Crippen molar-refractivity contribution in [3.63, 3.8) is 0 Å². The summed E-state index contributed by atoms with van der Waals surface area (Å²) < 4.78 is 5.53. The zero-order valence-corrected chi connectivity index (χ0v) is 12.4. The number of carbonyl (C=O) groups excluding carboxylic acids is 2. The number of amides is 2. The normalized spacial score (nSPS) is 23.5. The number of thiophene rings is 1. The van der Waals surface area contributed by atoms with Crippen LogP contribution < -0.4 is 11.1 Å². The molecule has 1 aromatic heterocycles. The van der Waals surface area contributed by atoms with Gasteiger partial charge in [0.05, 0.1) is 24.8 Å². The molecule has 1 aromatic rings. The van der Waals surface area contributed by atoms with Gasteiger partial charge in [0.25, 0.3) is 5.91 Å². The first-order chi connectivity index (χ1) is 9.47. The Balaban J connectivity index is 1.95. The van der Waals surface area contributed by atoms with Gasteiger partial charge in [-0.2, -0.15) is 0 Å². The van der Waals surface area contributed by atoms with Crippen molar-refractivity contribution in [3.05, 3.63) is 17.0 Å². The van der Waals surface area contributed by atoms with Crippen LogP contribution in [0.5, 0.6) is 0 Å². The van der Waals surface area contributed by atoms with Crippen molar-refractivity contribution in [1.82, 2.24) is 4.90 Å². The Morgan fingerprint density at radius 3 is 3.00 bits per heavy atom. The fourth-order valence-electron chi connectivity index (χ4n) is 2.14. The quantitative estimate of drug-likeness (QED) is 0.864. The third-order valence-corrected chi connectivity index (χ3v) is 4.10. The van der Waals surface area contributed by atoms with Crippen molar-refractivity contribution in [2.24, 2.45) is 5.73 Å². The van der Waals surface area contributed by atoms with Gasteiger partial charge in [-0.3, -0.25) is 14.5 Å². The third kappa shape index (κ3) is 3.56. The van der Waals surface area contributed by atoms with Crippen LogP contribution in [0.25, 0.3) is 0 Å². The molecule has 0 aliphatic carbocycles. The van der Waals surface area contributed by atoms with Gasteiger partial charge in [-0.15, -0.1) is 11.3 Å². The number of rotatable bonds is 4. The van der Waals surface area contributed by atoms with Crippen LogP contribution in [0.2, 0.25) is 0 Å². The van der Waals surface area contributed by atoms with E-state index in [1.165, 1.54) is 11.3 Å². The van der Waals surface area contributed by atoms with E-state index in [4.69, 9.17) is 10.5 Å². The first-order valence-electron chi connectivity index (χ1n) is 6.50. The molecule has 1 fully saturated rings. The summed E-state index contributed by atoms with van der Waals surface area (Å²) in [5, 5.41) is 4.99. The number of carbonyl (C=O) groups is 2. The van der Waals surface area contributed by atoms with Crippen LogP contribution in [0.3, 0.4) is 0 Å². The summed E-state index contributed by atoms with van der Waals surface area (Å²) >= 11 is 1.29. The second-order valence-electron chi connectivity index (χ2n) is 5.00. The van der Waals surface area contributed by atoms with Crippen LogP contribution in [-0.2, 0) is 9.53 Å². The molecule has 2 heterocycles. The van der Waals surface area contributed by atoms with E-state index in [0.29, 0.717) is 17.2 Å². The molecule has 0 radical (unpaired) electrons. The van der Waals surface area contributed by atoms with Gasteiger partial charge in [-0.25, -0.2) is 0 Å². The van der Waals surface area contributed by atoms with E-state index >= 15 is 0 Å². The second-order valence-corrected chi connectivity index (χ2v) is 5.91. The molecule has 2 atom stereocenters. The number of nitrogens with zero attached hydrogens (tertiary/aromatic N) is 1. The molecule has 1 saturated heterocycles. The maximum atomic E-state index is 12.1. The summed E-state index contributed by atoms with van der Waals surface area (Å²) in [6, 6.07) is 1.82. The van der Waals surface area contributed by atoms with Gasteiger partial charge in [0.15, 0.2) is 0 Å². The highest BCUT2D eigenvalue weighted by atomic mass is 32.1. The molecule has 0 unspecified atom stereocenters. The predicted octanol–water partition coefficient (Wildman–Crippen LogP) is 0.895. The Hall–Kier alpha value is -1.44. The summed E-state index contributed by atoms with van der Waals surface area (Å²) in [6.45, 7) is 5.65. The van der Waals surface area contributed by atoms with Crippen LogP contribution in [-0.4, -0.2) is 48.6 Å². The highest BCUT2D eigenvalue weighted by Crippen LogP contribution is 2.22. The average molecular weight is 297 g/mol. The number of nitrogens with two attached hydrogens (primary N) is 1. The van der Waals surface area contributed by atoms with Crippen molar-refractivity contribution >= 4 is 28.2 Å². The van der Waals surface area contributed by atoms with Crippen LogP contribution >= 0.6 is 11.3 Å². The van der Waals surface area contributed by atoms with Gasteiger partial charge in [0, 0.05) is 12.6 Å². The number of ether oxygens (including phenoxy) is 1. The Labute approximate surface area is 121 Å². The zero-order valence-electron chi connectivity index (χ0n) is 11.6. The van der Waals surface area contributed by atoms with Gasteiger partial charge in [-0.05, 0) is 25.3 Å². The minimum Gasteiger partial charge on any atom is -0.376 e. The lowest BCUT2D eigenvalue weighted by Gasteiger charge is -2.36. The fraction of sp³-hybridized carbons (Fsp3) is 0.538. The average Bonchev–Trinajstić information content (AvgIpc) is 2.82. The topological polar surface area (TPSA) is 84.7 Å². The van der Waals surface area contributed by atoms with Gasteiger partial charge < -0.3 is 15.8 Å². The highest BCUT2D eigenvalue weighted by molar-refractivity contribution is 7.14. The van der Waals surface area contributed by atoms with Gasteiger partial charge in [0.1, 0.15) is 5.00 Å². The summed E-state index contributed by atoms with van der Waals surface area (Å²) in [7, 11) is 0. The Morgan fingerprint density at radius 2 is 2.30 bits per heavy atom. The molecule has 6 nitrogen and oxygen atoms in total. The van der Waals surface area contributed by atoms with E-state index in [0.717, 1.165) is 6.54 Å². The van der Waals surface area contributed by atoms with Gasteiger partial charge >= 0.3 is 0 Å². The maximum absolute atomic E-state index is 12.1. The SMILES string of the molecule is C[C@H]1CN(CC(=O)Nc2sccc2C(N)=O)[C@@H](C)CO1. The first-order valence-corrected chi connectivity index (χ1v) is 7.38. The minimum absolute atomic E-state index is 0.127. The molecule has 2 amide bonds. The minimum atomic E-state index is -0.532. The molecule has 110 valence electrons. The summed E-state index contributed by atoms with van der Waals surface area (Å²) in [4.78, 5) is 25.3. The number of hydrogen-bond donors (Lipinski definition) is 2. The van der Waals surface area contributed by atoms with Crippen molar-refractivity contribution in [3.8, 4) is 0 Å². The molecular weight excluding hydrogens is 278 g/mol. The van der Waals surface area contributed by atoms with Crippen LogP contribution in [0.1, 0.15) is 24.2 Å². The molecule has 0 aromatic carbocycles. The van der Waals surface area contributed by atoms with Crippen LogP contribution in [0.4, 0.5) is 5.00 Å². The number of primary amides is 1. The Kier molecular flexibility index (Phi) is 4.74. The standard InChI is InChI=1S/C13H19N3O3S/c1-8-7-19-9(2)5-16(8)6-11(17)15-13-10(12(14)18)3-4-20-13/h3-4,8-9H,5-7H2,1-2H3,(H2,14,18)(H,15,17)/t8-,9-/m0/s1. The molecule has 1 aliphatic heterocycles. The van der Waals surface area contributed by atoms with E-state index in [1.54, 1.807) is 11.4 Å². The Morgan fingerprint density at radius 1 is 1.55 bits per heavy atom. The highest BCUT2D eigenvalue weighted by Gasteiger charge is 2.25. The van der Waals surface area contributed by atoms with E-state index in [9.17, 15) is 9.59 Å². The number of morpholine rings is 1. The lowest BCUT2D eigenvalue weighted by atomic mass is 10.2. The van der Waals surface area contributed by atoms with E-state index < -0.39 is 5.91 Å². The van der Waals surface area contributed by atoms with Crippen LogP contribution in [0, 0.1) is 0 Å². The van der Waals surface area contributed by atoms with Crippen molar-refractivity contribution < 1.29 is 14.3 Å². The molecule has 20 heavy (non-hydrogen) atoms. The number of anilines is 1. The summed E-state index contributed by atoms with van der Waals surface area (Å²) in [5.41, 5.74) is 5.60. The van der Waals surface area contributed by atoms with E-state index in [-0.39, 0.29) is 24.6 Å². The lowest BCUT2D eigenvalue weighted by molar-refractivity contribution is -0.121. The molecule has 7 heteroatoms. The zero-order chi connectivity index (χ0) is 14.7. The molecule has 0 spiro atoms. The van der Waals surface area contributed by atoms with Crippen molar-refractivity contribution in [1.29, 1.82) is 0 Å². The fourth-order valence-corrected chi connectivity index (χ4v) is 2.95. The maximum Gasteiger partial charge on any atom is 0.251 e. The summed E-state index contributed by atoms with van der Waals surface area (Å²) in [6.07, 6.45) is 0.127. The lowest BCUT2D eigenvalue weighted by Crippen LogP contribution is -2.50. The molecule has 3 N–H and O–H groups in total. The van der Waals surface area contributed by atoms with E-state index in [2.05, 4.69) is 10.2 Å². The largest absolute Gasteiger partial charge is 0.376 e. The van der Waals surface area contributed by atoms with Crippen LogP contribution in [0.15, 0.2) is 11.4 Å². The first kappa shape index (κ1) is 15.0.